The Bertz CT molecular complexity index is 1940. The lowest BCUT2D eigenvalue weighted by molar-refractivity contribution is -0.191. The predicted octanol–water partition coefficient (Wildman–Crippen LogP) is 6.32. The van der Waals surface area contributed by atoms with E-state index in [1.807, 2.05) is 43.5 Å². The maximum Gasteiger partial charge on any atom is 0.414 e. The lowest BCUT2D eigenvalue weighted by atomic mass is 9.93. The first kappa shape index (κ1) is 36.1. The molecule has 1 saturated carbocycles. The van der Waals surface area contributed by atoms with Crippen molar-refractivity contribution >= 4 is 53.0 Å². The molecule has 0 bridgehead atoms. The third-order valence-corrected chi connectivity index (χ3v) is 9.43. The second-order valence-electron chi connectivity index (χ2n) is 11.8. The highest BCUT2D eigenvalue weighted by atomic mass is 35.5. The minimum atomic E-state index is -1.08. The van der Waals surface area contributed by atoms with Gasteiger partial charge in [-0.3, -0.25) is 19.2 Å². The van der Waals surface area contributed by atoms with E-state index in [9.17, 15) is 14.4 Å². The van der Waals surface area contributed by atoms with Crippen molar-refractivity contribution in [3.63, 3.8) is 0 Å². The number of anilines is 1. The number of likely N-dealkylation sites (N-methyl/N-ethyl adjacent to an activating group) is 1. The number of aliphatic carboxylic acids is 1. The van der Waals surface area contributed by atoms with E-state index in [-0.39, 0.29) is 38.4 Å². The number of carbonyl (C=O) groups excluding carboxylic acids is 4. The molecule has 0 spiro atoms. The quantitative estimate of drug-likeness (QED) is 0.176. The van der Waals surface area contributed by atoms with Crippen LogP contribution in [0.1, 0.15) is 46.3 Å². The predicted molar refractivity (Wildman–Crippen MR) is 184 cm³/mol. The van der Waals surface area contributed by atoms with Crippen LogP contribution < -0.4 is 9.64 Å². The van der Waals surface area contributed by atoms with Gasteiger partial charge in [-0.25, -0.2) is 4.79 Å². The zero-order chi connectivity index (χ0) is 35.9. The molecular formula is C36H34Cl2N4O8. The Morgan fingerprint density at radius 1 is 1.06 bits per heavy atom. The number of nitrogens with zero attached hydrogens (tertiary/aromatic N) is 4. The Balaban J connectivity index is 0.00000156. The minimum Gasteiger partial charge on any atom is -0.490 e. The molecule has 1 aromatic heterocycles. The van der Waals surface area contributed by atoms with Gasteiger partial charge in [-0.1, -0.05) is 41.4 Å². The maximum atomic E-state index is 13.3. The van der Waals surface area contributed by atoms with Crippen molar-refractivity contribution in [3.8, 4) is 16.9 Å². The van der Waals surface area contributed by atoms with E-state index in [1.165, 1.54) is 4.90 Å². The summed E-state index contributed by atoms with van der Waals surface area (Å²) >= 11 is 12.7. The van der Waals surface area contributed by atoms with Crippen molar-refractivity contribution in [2.24, 2.45) is 5.92 Å². The zero-order valence-electron chi connectivity index (χ0n) is 27.3. The van der Waals surface area contributed by atoms with Gasteiger partial charge in [-0.05, 0) is 85.2 Å². The summed E-state index contributed by atoms with van der Waals surface area (Å²) < 4.78 is 13.2. The van der Waals surface area contributed by atoms with E-state index < -0.39 is 12.1 Å². The Kier molecular flexibility index (Phi) is 11.6. The topological polar surface area (TPSA) is 148 Å². The maximum absolute atomic E-state index is 13.3. The van der Waals surface area contributed by atoms with Crippen LogP contribution in [0.15, 0.2) is 67.0 Å². The Hall–Kier alpha value is -5.16. The number of carboxylic acid groups (broad SMARTS) is 1. The van der Waals surface area contributed by atoms with Crippen molar-refractivity contribution in [3.05, 3.63) is 99.3 Å². The van der Waals surface area contributed by atoms with Crippen molar-refractivity contribution < 1.29 is 38.6 Å². The molecule has 14 heteroatoms. The average molecular weight is 722 g/mol. The van der Waals surface area contributed by atoms with Gasteiger partial charge in [0, 0.05) is 46.0 Å². The van der Waals surface area contributed by atoms with Crippen LogP contribution in [-0.4, -0.2) is 76.8 Å². The summed E-state index contributed by atoms with van der Waals surface area (Å²) in [4.78, 5) is 56.7. The van der Waals surface area contributed by atoms with Crippen LogP contribution in [0, 0.1) is 12.8 Å². The number of halogens is 2. The Morgan fingerprint density at radius 3 is 2.56 bits per heavy atom. The first-order valence-corrected chi connectivity index (χ1v) is 16.6. The van der Waals surface area contributed by atoms with E-state index in [4.69, 9.17) is 47.4 Å². The molecule has 2 aliphatic rings. The van der Waals surface area contributed by atoms with E-state index in [0.717, 1.165) is 34.4 Å². The van der Waals surface area contributed by atoms with Gasteiger partial charge < -0.3 is 19.5 Å². The standard InChI is InChI=1S/C35H34Cl2N4O6.CO2/c1-3-39(20-32(42)43)34(44)22-10-11-29(37)24(14-22)17-40-18-25(16-38-40)26-6-4-8-30-33(26)27-15-23(27)19-41(30)35(45)47-13-12-46-31-9-5-7-28(36)21(31)2;2-1-3/h4-11,14,16,18,23,27H,3,12-13,15,17,19-20H2,1-2H3,(H,42,43);/t23-,27-;/m0./s1. The van der Waals surface area contributed by atoms with Gasteiger partial charge in [-0.2, -0.15) is 14.7 Å². The highest BCUT2D eigenvalue weighted by Crippen LogP contribution is 2.57. The summed E-state index contributed by atoms with van der Waals surface area (Å²) in [5.74, 6) is -0.0821. The summed E-state index contributed by atoms with van der Waals surface area (Å²) in [5.41, 5.74) is 5.71. The lowest BCUT2D eigenvalue weighted by Gasteiger charge is -2.29. The zero-order valence-corrected chi connectivity index (χ0v) is 28.8. The number of amides is 2. The van der Waals surface area contributed by atoms with Crippen molar-refractivity contribution in [1.82, 2.24) is 14.7 Å². The summed E-state index contributed by atoms with van der Waals surface area (Å²) in [6.07, 6.45) is 4.54. The third kappa shape index (κ3) is 8.16. The van der Waals surface area contributed by atoms with Gasteiger partial charge in [0.2, 0.25) is 0 Å². The average Bonchev–Trinajstić information content (AvgIpc) is 3.75. The Morgan fingerprint density at radius 2 is 1.82 bits per heavy atom. The van der Waals surface area contributed by atoms with Crippen LogP contribution in [0.25, 0.3) is 11.1 Å². The molecule has 0 radical (unpaired) electrons. The van der Waals surface area contributed by atoms with Crippen LogP contribution in [0.2, 0.25) is 10.0 Å². The van der Waals surface area contributed by atoms with Gasteiger partial charge in [0.15, 0.2) is 0 Å². The lowest BCUT2D eigenvalue weighted by Crippen LogP contribution is -2.37. The normalized spacial score (nSPS) is 15.4. The van der Waals surface area contributed by atoms with Crippen molar-refractivity contribution in [2.45, 2.75) is 32.7 Å². The summed E-state index contributed by atoms with van der Waals surface area (Å²) in [7, 11) is 0. The molecule has 2 amide bonds. The molecular weight excluding hydrogens is 687 g/mol. The van der Waals surface area contributed by atoms with Crippen LogP contribution in [0.4, 0.5) is 10.5 Å². The van der Waals surface area contributed by atoms with E-state index in [0.29, 0.717) is 51.8 Å². The number of fused-ring (bicyclic) bond motifs is 3. The monoisotopic (exact) mass is 720 g/mol. The van der Waals surface area contributed by atoms with E-state index in [2.05, 4.69) is 5.10 Å². The number of hydrogen-bond acceptors (Lipinski definition) is 8. The van der Waals surface area contributed by atoms with Crippen LogP contribution in [-0.2, 0) is 25.7 Å². The SMILES string of the molecule is CCN(CC(=O)O)C(=O)c1ccc(Cl)c(Cn2cc(-c3cccc4c3[C@H]3C[C@H]3CN4C(=O)OCCOc3cccc(Cl)c3C)cn2)c1.O=C=O. The van der Waals surface area contributed by atoms with Gasteiger partial charge in [0.1, 0.15) is 25.5 Å². The number of hydrogen-bond donors (Lipinski definition) is 1. The molecule has 260 valence electrons. The second-order valence-corrected chi connectivity index (χ2v) is 12.6. The minimum absolute atomic E-state index is 0.0998. The summed E-state index contributed by atoms with van der Waals surface area (Å²) in [6.45, 7) is 4.71. The number of rotatable bonds is 11. The molecule has 0 saturated heterocycles. The first-order valence-electron chi connectivity index (χ1n) is 15.8. The molecule has 50 heavy (non-hydrogen) atoms. The molecule has 6 rings (SSSR count). The van der Waals surface area contributed by atoms with E-state index in [1.54, 1.807) is 47.0 Å². The van der Waals surface area contributed by atoms with Crippen LogP contribution >= 0.6 is 23.2 Å². The summed E-state index contributed by atoms with van der Waals surface area (Å²) in [6, 6.07) is 16.3. The number of carbonyl (C=O) groups is 3. The fraction of sp³-hybridized carbons (Fsp3) is 0.306. The molecule has 12 nitrogen and oxygen atoms in total. The highest BCUT2D eigenvalue weighted by Gasteiger charge is 2.48. The molecule has 0 unspecified atom stereocenters. The van der Waals surface area contributed by atoms with Gasteiger partial charge in [0.25, 0.3) is 5.91 Å². The molecule has 1 N–H and O–H groups in total. The van der Waals surface area contributed by atoms with E-state index >= 15 is 0 Å². The van der Waals surface area contributed by atoms with Crippen molar-refractivity contribution in [2.75, 3.05) is 37.7 Å². The van der Waals surface area contributed by atoms with Gasteiger partial charge >= 0.3 is 18.2 Å². The third-order valence-electron chi connectivity index (χ3n) is 8.65. The smallest absolute Gasteiger partial charge is 0.414 e. The fourth-order valence-corrected chi connectivity index (χ4v) is 6.45. The number of benzene rings is 3. The molecule has 3 aromatic carbocycles. The van der Waals surface area contributed by atoms with Crippen LogP contribution in [0.3, 0.4) is 0 Å². The summed E-state index contributed by atoms with van der Waals surface area (Å²) in [5, 5.41) is 14.8. The number of carboxylic acids is 1. The van der Waals surface area contributed by atoms with Crippen LogP contribution in [0.5, 0.6) is 5.75 Å². The van der Waals surface area contributed by atoms with Gasteiger partial charge in [-0.15, -0.1) is 0 Å². The molecule has 2 atom stereocenters. The largest absolute Gasteiger partial charge is 0.490 e. The molecule has 4 aromatic rings. The molecule has 1 fully saturated rings. The molecule has 1 aliphatic carbocycles. The highest BCUT2D eigenvalue weighted by molar-refractivity contribution is 6.31. The second kappa shape index (κ2) is 16.0. The Labute approximate surface area is 298 Å². The molecule has 2 heterocycles. The first-order chi connectivity index (χ1) is 24.1. The number of aromatic nitrogens is 2. The number of ether oxygens (including phenoxy) is 2. The van der Waals surface area contributed by atoms with Gasteiger partial charge in [0.05, 0.1) is 18.4 Å². The molecule has 1 aliphatic heterocycles. The fourth-order valence-electron chi connectivity index (χ4n) is 6.11. The van der Waals surface area contributed by atoms with Crippen molar-refractivity contribution in [1.29, 1.82) is 0 Å².